The van der Waals surface area contributed by atoms with Crippen LogP contribution in [-0.4, -0.2) is 32.8 Å². The van der Waals surface area contributed by atoms with Crippen LogP contribution in [0, 0.1) is 0 Å². The van der Waals surface area contributed by atoms with E-state index in [0.29, 0.717) is 10.7 Å². The van der Waals surface area contributed by atoms with Gasteiger partial charge in [-0.15, -0.1) is 0 Å². The predicted octanol–water partition coefficient (Wildman–Crippen LogP) is 3.95. The summed E-state index contributed by atoms with van der Waals surface area (Å²) in [5.41, 5.74) is 3.74. The van der Waals surface area contributed by atoms with Crippen molar-refractivity contribution >= 4 is 62.1 Å². The molecule has 0 aliphatic rings. The van der Waals surface area contributed by atoms with Crippen LogP contribution in [0.25, 0.3) is 0 Å². The minimum Gasteiger partial charge on any atom is -0.271 e. The minimum atomic E-state index is -3.78. The Hall–Kier alpha value is -1.80. The summed E-state index contributed by atoms with van der Waals surface area (Å²) in [6, 6.07) is 11.4. The molecule has 6 nitrogen and oxygen atoms in total. The number of sulfonamides is 1. The monoisotopic (exact) mass is 447 g/mol. The van der Waals surface area contributed by atoms with Gasteiger partial charge in [-0.2, -0.15) is 5.10 Å². The highest BCUT2D eigenvalue weighted by atomic mass is 35.5. The Kier molecular flexibility index (Phi) is 7.11. The van der Waals surface area contributed by atoms with Crippen molar-refractivity contribution in [1.29, 1.82) is 0 Å². The summed E-state index contributed by atoms with van der Waals surface area (Å²) in [6.07, 6.45) is 0.972. The SMILES string of the molecule is C/C(=N/NC(=O)CN(c1cccc(Cl)c1Cl)S(C)(=O)=O)c1ccc(Cl)cc1. The second kappa shape index (κ2) is 8.93. The second-order valence-corrected chi connectivity index (χ2v) is 8.71. The van der Waals surface area contributed by atoms with E-state index in [-0.39, 0.29) is 15.7 Å². The smallest absolute Gasteiger partial charge is 0.260 e. The fourth-order valence-electron chi connectivity index (χ4n) is 2.13. The van der Waals surface area contributed by atoms with Gasteiger partial charge in [-0.05, 0) is 36.8 Å². The molecule has 1 N–H and O–H groups in total. The van der Waals surface area contributed by atoms with Gasteiger partial charge in [-0.3, -0.25) is 9.10 Å². The van der Waals surface area contributed by atoms with Gasteiger partial charge < -0.3 is 0 Å². The maximum Gasteiger partial charge on any atom is 0.260 e. The molecule has 0 saturated heterocycles. The summed E-state index contributed by atoms with van der Waals surface area (Å²) in [7, 11) is -3.78. The lowest BCUT2D eigenvalue weighted by atomic mass is 10.1. The van der Waals surface area contributed by atoms with Crippen LogP contribution in [0.15, 0.2) is 47.6 Å². The number of amides is 1. The predicted molar refractivity (Wildman–Crippen MR) is 110 cm³/mol. The maximum absolute atomic E-state index is 12.2. The largest absolute Gasteiger partial charge is 0.271 e. The zero-order valence-corrected chi connectivity index (χ0v) is 17.5. The van der Waals surface area contributed by atoms with E-state index in [2.05, 4.69) is 10.5 Å². The zero-order chi connectivity index (χ0) is 20.2. The highest BCUT2D eigenvalue weighted by Crippen LogP contribution is 2.33. The molecule has 144 valence electrons. The lowest BCUT2D eigenvalue weighted by molar-refractivity contribution is -0.119. The third kappa shape index (κ3) is 5.84. The molecular formula is C17H16Cl3N3O3S. The number of hydrogen-bond donors (Lipinski definition) is 1. The quantitative estimate of drug-likeness (QED) is 0.537. The molecule has 0 heterocycles. The Balaban J connectivity index is 2.18. The zero-order valence-electron chi connectivity index (χ0n) is 14.4. The average Bonchev–Trinajstić information content (AvgIpc) is 2.60. The van der Waals surface area contributed by atoms with Gasteiger partial charge in [0.05, 0.1) is 27.7 Å². The van der Waals surface area contributed by atoms with Crippen molar-refractivity contribution in [2.75, 3.05) is 17.1 Å². The van der Waals surface area contributed by atoms with Crippen LogP contribution >= 0.6 is 34.8 Å². The number of anilines is 1. The van der Waals surface area contributed by atoms with Crippen LogP contribution in [0.4, 0.5) is 5.69 Å². The number of halogens is 3. The number of hydrazone groups is 1. The van der Waals surface area contributed by atoms with Crippen molar-refractivity contribution in [3.63, 3.8) is 0 Å². The van der Waals surface area contributed by atoms with Crippen LogP contribution in [0.1, 0.15) is 12.5 Å². The van der Waals surface area contributed by atoms with Crippen molar-refractivity contribution in [1.82, 2.24) is 5.43 Å². The molecule has 0 spiro atoms. The molecular weight excluding hydrogens is 433 g/mol. The lowest BCUT2D eigenvalue weighted by Crippen LogP contribution is -2.39. The summed E-state index contributed by atoms with van der Waals surface area (Å²) in [5.74, 6) is -0.634. The molecule has 2 aromatic rings. The second-order valence-electron chi connectivity index (χ2n) is 5.58. The van der Waals surface area contributed by atoms with Crippen molar-refractivity contribution < 1.29 is 13.2 Å². The van der Waals surface area contributed by atoms with Gasteiger partial charge in [0.25, 0.3) is 5.91 Å². The molecule has 2 rings (SSSR count). The Labute approximate surface area is 172 Å². The number of nitrogens with zero attached hydrogens (tertiary/aromatic N) is 2. The number of carbonyl (C=O) groups is 1. The molecule has 0 aliphatic heterocycles. The Bertz CT molecular complexity index is 977. The molecule has 0 aromatic heterocycles. The van der Waals surface area contributed by atoms with Crippen LogP contribution in [-0.2, 0) is 14.8 Å². The van der Waals surface area contributed by atoms with E-state index in [1.807, 2.05) is 0 Å². The van der Waals surface area contributed by atoms with Crippen LogP contribution in [0.3, 0.4) is 0 Å². The van der Waals surface area contributed by atoms with Crippen LogP contribution < -0.4 is 9.73 Å². The number of rotatable bonds is 6. The maximum atomic E-state index is 12.2. The first-order valence-electron chi connectivity index (χ1n) is 7.60. The summed E-state index contributed by atoms with van der Waals surface area (Å²) in [5, 5.41) is 4.79. The number of hydrogen-bond acceptors (Lipinski definition) is 4. The molecule has 0 bridgehead atoms. The third-order valence-electron chi connectivity index (χ3n) is 3.50. The summed E-state index contributed by atoms with van der Waals surface area (Å²) in [6.45, 7) is 1.20. The van der Waals surface area contributed by atoms with Crippen molar-refractivity contribution in [2.24, 2.45) is 5.10 Å². The van der Waals surface area contributed by atoms with Crippen molar-refractivity contribution in [3.8, 4) is 0 Å². The highest BCUT2D eigenvalue weighted by molar-refractivity contribution is 7.92. The van der Waals surface area contributed by atoms with E-state index in [1.165, 1.54) is 12.1 Å². The molecule has 2 aromatic carbocycles. The molecule has 0 aliphatic carbocycles. The fraction of sp³-hybridized carbons (Fsp3) is 0.176. The molecule has 27 heavy (non-hydrogen) atoms. The number of carbonyl (C=O) groups excluding carboxylic acids is 1. The molecule has 0 saturated carbocycles. The van der Waals surface area contributed by atoms with E-state index >= 15 is 0 Å². The first-order chi connectivity index (χ1) is 12.6. The van der Waals surface area contributed by atoms with E-state index < -0.39 is 22.5 Å². The normalized spacial score (nSPS) is 12.0. The van der Waals surface area contributed by atoms with Gasteiger partial charge in [-0.25, -0.2) is 13.8 Å². The van der Waals surface area contributed by atoms with Gasteiger partial charge in [0.15, 0.2) is 0 Å². The van der Waals surface area contributed by atoms with Crippen LogP contribution in [0.5, 0.6) is 0 Å². The van der Waals surface area contributed by atoms with Crippen molar-refractivity contribution in [2.45, 2.75) is 6.92 Å². The van der Waals surface area contributed by atoms with Crippen molar-refractivity contribution in [3.05, 3.63) is 63.1 Å². The third-order valence-corrected chi connectivity index (χ3v) is 5.69. The van der Waals surface area contributed by atoms with Gasteiger partial charge in [-0.1, -0.05) is 53.0 Å². The highest BCUT2D eigenvalue weighted by Gasteiger charge is 2.23. The van der Waals surface area contributed by atoms with Crippen LogP contribution in [0.2, 0.25) is 15.1 Å². The molecule has 0 fully saturated rings. The van der Waals surface area contributed by atoms with Gasteiger partial charge in [0.2, 0.25) is 10.0 Å². The standard InChI is InChI=1S/C17H16Cl3N3O3S/c1-11(12-6-8-13(18)9-7-12)21-22-16(24)10-23(27(2,25)26)15-5-3-4-14(19)17(15)20/h3-9H,10H2,1-2H3,(H,22,24)/b21-11-. The first-order valence-corrected chi connectivity index (χ1v) is 10.6. The van der Waals surface area contributed by atoms with E-state index in [9.17, 15) is 13.2 Å². The van der Waals surface area contributed by atoms with E-state index in [1.54, 1.807) is 37.3 Å². The molecule has 10 heteroatoms. The first kappa shape index (κ1) is 21.5. The Morgan fingerprint density at radius 1 is 1.11 bits per heavy atom. The molecule has 0 radical (unpaired) electrons. The van der Waals surface area contributed by atoms with E-state index in [0.717, 1.165) is 16.1 Å². The topological polar surface area (TPSA) is 78.8 Å². The van der Waals surface area contributed by atoms with Gasteiger partial charge in [0, 0.05) is 5.02 Å². The summed E-state index contributed by atoms with van der Waals surface area (Å²) >= 11 is 17.9. The summed E-state index contributed by atoms with van der Waals surface area (Å²) in [4.78, 5) is 12.2. The Morgan fingerprint density at radius 2 is 1.74 bits per heavy atom. The summed E-state index contributed by atoms with van der Waals surface area (Å²) < 4.78 is 25.1. The van der Waals surface area contributed by atoms with E-state index in [4.69, 9.17) is 34.8 Å². The van der Waals surface area contributed by atoms with Gasteiger partial charge in [0.1, 0.15) is 6.54 Å². The number of benzene rings is 2. The molecule has 0 atom stereocenters. The lowest BCUT2D eigenvalue weighted by Gasteiger charge is -2.22. The van der Waals surface area contributed by atoms with Gasteiger partial charge >= 0.3 is 0 Å². The minimum absolute atomic E-state index is 0.0400. The number of nitrogens with one attached hydrogen (secondary N) is 1. The Morgan fingerprint density at radius 3 is 2.33 bits per heavy atom. The fourth-order valence-corrected chi connectivity index (χ4v) is 3.57. The molecule has 0 unspecified atom stereocenters. The average molecular weight is 449 g/mol. The molecule has 1 amide bonds.